The molecule has 4 N–H and O–H groups in total. The van der Waals surface area contributed by atoms with Crippen molar-refractivity contribution < 1.29 is 4.74 Å². The van der Waals surface area contributed by atoms with Gasteiger partial charge in [-0.15, -0.1) is 0 Å². The summed E-state index contributed by atoms with van der Waals surface area (Å²) < 4.78 is 5.68. The molecule has 1 aromatic carbocycles. The molecule has 8 nitrogen and oxygen atoms in total. The van der Waals surface area contributed by atoms with Crippen molar-refractivity contribution in [1.82, 2.24) is 20.2 Å². The van der Waals surface area contributed by atoms with Crippen LogP contribution in [0.1, 0.15) is 5.56 Å². The van der Waals surface area contributed by atoms with E-state index in [4.69, 9.17) is 15.8 Å². The number of nitriles is 1. The van der Waals surface area contributed by atoms with E-state index in [1.165, 1.54) is 0 Å². The van der Waals surface area contributed by atoms with Crippen molar-refractivity contribution in [3.63, 3.8) is 0 Å². The third-order valence-electron chi connectivity index (χ3n) is 2.60. The molecule has 0 radical (unpaired) electrons. The van der Waals surface area contributed by atoms with Gasteiger partial charge in [0.15, 0.2) is 5.65 Å². The van der Waals surface area contributed by atoms with Crippen LogP contribution in [0.4, 0.5) is 5.95 Å². The van der Waals surface area contributed by atoms with E-state index in [1.807, 2.05) is 6.07 Å². The summed E-state index contributed by atoms with van der Waals surface area (Å²) in [6.07, 6.45) is 1.56. The zero-order chi connectivity index (χ0) is 13.9. The van der Waals surface area contributed by atoms with Gasteiger partial charge >= 0.3 is 0 Å². The Morgan fingerprint density at radius 1 is 1.25 bits per heavy atom. The fraction of sp³-hybridized carbons (Fsp3) is 0. The number of H-pyrrole nitrogens is 1. The number of hydrogen-bond acceptors (Lipinski definition) is 7. The fourth-order valence-corrected chi connectivity index (χ4v) is 1.66. The zero-order valence-corrected chi connectivity index (χ0v) is 10.2. The number of hydrazine groups is 1. The van der Waals surface area contributed by atoms with Crippen molar-refractivity contribution >= 4 is 17.0 Å². The van der Waals surface area contributed by atoms with Crippen molar-refractivity contribution in [2.45, 2.75) is 0 Å². The van der Waals surface area contributed by atoms with Crippen LogP contribution in [0.15, 0.2) is 30.5 Å². The number of fused-ring (bicyclic) bond motifs is 1. The molecule has 0 bridgehead atoms. The lowest BCUT2D eigenvalue weighted by atomic mass is 10.2. The van der Waals surface area contributed by atoms with Crippen LogP contribution in [-0.4, -0.2) is 20.2 Å². The Hall–Kier alpha value is -3.18. The molecule has 3 rings (SSSR count). The van der Waals surface area contributed by atoms with Gasteiger partial charge in [-0.1, -0.05) is 0 Å². The summed E-state index contributed by atoms with van der Waals surface area (Å²) in [5.74, 6) is 6.39. The molecule has 0 aliphatic carbocycles. The molecule has 2 heterocycles. The summed E-state index contributed by atoms with van der Waals surface area (Å²) in [7, 11) is 0. The number of nitrogens with two attached hydrogens (primary N) is 1. The molecule has 0 atom stereocenters. The Bertz CT molecular complexity index is 788. The Morgan fingerprint density at radius 3 is 2.75 bits per heavy atom. The number of anilines is 1. The van der Waals surface area contributed by atoms with Gasteiger partial charge in [0.2, 0.25) is 11.8 Å². The van der Waals surface area contributed by atoms with Crippen molar-refractivity contribution in [2.24, 2.45) is 5.84 Å². The second kappa shape index (κ2) is 4.83. The van der Waals surface area contributed by atoms with Gasteiger partial charge in [-0.2, -0.15) is 20.3 Å². The van der Waals surface area contributed by atoms with Gasteiger partial charge in [0.1, 0.15) is 11.1 Å². The molecule has 0 fully saturated rings. The van der Waals surface area contributed by atoms with Crippen LogP contribution in [0.2, 0.25) is 0 Å². The highest BCUT2D eigenvalue weighted by Crippen LogP contribution is 2.27. The molecule has 3 aromatic rings. The molecule has 8 heteroatoms. The molecule has 0 saturated heterocycles. The van der Waals surface area contributed by atoms with E-state index in [0.29, 0.717) is 28.2 Å². The Kier molecular flexibility index (Phi) is 2.87. The van der Waals surface area contributed by atoms with Crippen molar-refractivity contribution in [2.75, 3.05) is 5.43 Å². The van der Waals surface area contributed by atoms with Crippen molar-refractivity contribution in [3.8, 4) is 17.7 Å². The van der Waals surface area contributed by atoms with E-state index in [9.17, 15) is 0 Å². The van der Waals surface area contributed by atoms with E-state index in [0.717, 1.165) is 0 Å². The molecule has 2 aromatic heterocycles. The molecular formula is C12H9N7O. The SMILES string of the molecule is N#Cc1ccc(Oc2nc(NN)nc3[nH]ncc23)cc1. The summed E-state index contributed by atoms with van der Waals surface area (Å²) >= 11 is 0. The van der Waals surface area contributed by atoms with E-state index < -0.39 is 0 Å². The number of aromatic nitrogens is 4. The molecule has 0 saturated carbocycles. The number of hydrogen-bond donors (Lipinski definition) is 3. The minimum absolute atomic E-state index is 0.213. The maximum Gasteiger partial charge on any atom is 0.242 e. The lowest BCUT2D eigenvalue weighted by molar-refractivity contribution is 0.469. The minimum atomic E-state index is 0.213. The highest BCUT2D eigenvalue weighted by Gasteiger charge is 2.11. The van der Waals surface area contributed by atoms with Gasteiger partial charge in [-0.05, 0) is 24.3 Å². The summed E-state index contributed by atoms with van der Waals surface area (Å²) in [4.78, 5) is 8.23. The van der Waals surface area contributed by atoms with Crippen LogP contribution in [0.5, 0.6) is 11.6 Å². The van der Waals surface area contributed by atoms with E-state index in [1.54, 1.807) is 30.5 Å². The first-order chi connectivity index (χ1) is 9.80. The zero-order valence-electron chi connectivity index (χ0n) is 10.2. The monoisotopic (exact) mass is 267 g/mol. The molecule has 0 spiro atoms. The van der Waals surface area contributed by atoms with Crippen molar-refractivity contribution in [1.29, 1.82) is 5.26 Å². The van der Waals surface area contributed by atoms with Crippen LogP contribution in [0.3, 0.4) is 0 Å². The second-order valence-corrected chi connectivity index (χ2v) is 3.87. The van der Waals surface area contributed by atoms with Gasteiger partial charge < -0.3 is 4.74 Å². The first kappa shape index (κ1) is 11.9. The lowest BCUT2D eigenvalue weighted by Crippen LogP contribution is -2.10. The molecule has 98 valence electrons. The van der Waals surface area contributed by atoms with E-state index in [-0.39, 0.29) is 5.95 Å². The first-order valence-corrected chi connectivity index (χ1v) is 5.66. The largest absolute Gasteiger partial charge is 0.438 e. The average molecular weight is 267 g/mol. The van der Waals surface area contributed by atoms with Crippen LogP contribution >= 0.6 is 0 Å². The number of nitrogens with zero attached hydrogens (tertiary/aromatic N) is 4. The van der Waals surface area contributed by atoms with E-state index in [2.05, 4.69) is 25.6 Å². The maximum atomic E-state index is 8.75. The predicted octanol–water partition coefficient (Wildman–Crippen LogP) is 1.30. The molecule has 0 amide bonds. The van der Waals surface area contributed by atoms with Gasteiger partial charge in [-0.3, -0.25) is 10.5 Å². The average Bonchev–Trinajstić information content (AvgIpc) is 2.96. The number of rotatable bonds is 3. The maximum absolute atomic E-state index is 8.75. The molecular weight excluding hydrogens is 258 g/mol. The molecule has 0 aliphatic rings. The van der Waals surface area contributed by atoms with Crippen LogP contribution < -0.4 is 16.0 Å². The molecule has 0 unspecified atom stereocenters. The third-order valence-corrected chi connectivity index (χ3v) is 2.60. The number of nitrogen functional groups attached to an aromatic ring is 1. The Morgan fingerprint density at radius 2 is 2.05 bits per heavy atom. The Labute approximate surface area is 113 Å². The number of aromatic amines is 1. The van der Waals surface area contributed by atoms with Crippen LogP contribution in [0.25, 0.3) is 11.0 Å². The summed E-state index contributed by atoms with van der Waals surface area (Å²) in [6.45, 7) is 0. The van der Waals surface area contributed by atoms with Gasteiger partial charge in [-0.25, -0.2) is 5.84 Å². The molecule has 0 aliphatic heterocycles. The minimum Gasteiger partial charge on any atom is -0.438 e. The summed E-state index contributed by atoms with van der Waals surface area (Å²) in [5, 5.41) is 16.0. The van der Waals surface area contributed by atoms with Gasteiger partial charge in [0.05, 0.1) is 17.8 Å². The number of benzene rings is 1. The highest BCUT2D eigenvalue weighted by atomic mass is 16.5. The van der Waals surface area contributed by atoms with Crippen molar-refractivity contribution in [3.05, 3.63) is 36.0 Å². The first-order valence-electron chi connectivity index (χ1n) is 5.66. The topological polar surface area (TPSA) is 126 Å². The standard InChI is InChI=1S/C12H9N7O/c13-5-7-1-3-8(4-2-7)20-11-9-6-15-19-10(9)16-12(17-11)18-14/h1-4,6H,14H2,(H2,15,16,17,18,19). The van der Waals surface area contributed by atoms with Gasteiger partial charge in [0.25, 0.3) is 0 Å². The Balaban J connectivity index is 2.00. The fourth-order valence-electron chi connectivity index (χ4n) is 1.66. The normalized spacial score (nSPS) is 10.2. The summed E-state index contributed by atoms with van der Waals surface area (Å²) in [5.41, 5.74) is 3.42. The highest BCUT2D eigenvalue weighted by molar-refractivity contribution is 5.80. The predicted molar refractivity (Wildman–Crippen MR) is 70.7 cm³/mol. The smallest absolute Gasteiger partial charge is 0.242 e. The molecule has 20 heavy (non-hydrogen) atoms. The van der Waals surface area contributed by atoms with Crippen LogP contribution in [0, 0.1) is 11.3 Å². The number of nitrogens with one attached hydrogen (secondary N) is 2. The second-order valence-electron chi connectivity index (χ2n) is 3.87. The number of ether oxygens (including phenoxy) is 1. The van der Waals surface area contributed by atoms with E-state index >= 15 is 0 Å². The quantitative estimate of drug-likeness (QED) is 0.482. The van der Waals surface area contributed by atoms with Gasteiger partial charge in [0, 0.05) is 0 Å². The van der Waals surface area contributed by atoms with Crippen LogP contribution in [-0.2, 0) is 0 Å². The lowest BCUT2D eigenvalue weighted by Gasteiger charge is -2.07. The summed E-state index contributed by atoms with van der Waals surface area (Å²) in [6, 6.07) is 8.72. The third kappa shape index (κ3) is 2.09.